The number of rotatable bonds is 5. The van der Waals surface area contributed by atoms with Gasteiger partial charge in [0, 0.05) is 12.4 Å². The van der Waals surface area contributed by atoms with Gasteiger partial charge in [-0.1, -0.05) is 33.1 Å². The van der Waals surface area contributed by atoms with Gasteiger partial charge in [-0.15, -0.1) is 0 Å². The Morgan fingerprint density at radius 3 is 2.50 bits per heavy atom. The molecule has 0 spiro atoms. The Hall–Kier alpha value is -0.830. The van der Waals surface area contributed by atoms with Crippen LogP contribution < -0.4 is 5.73 Å². The first-order valence-electron chi connectivity index (χ1n) is 5.47. The van der Waals surface area contributed by atoms with Crippen LogP contribution in [0.2, 0.25) is 0 Å². The average Bonchev–Trinajstić information content (AvgIpc) is 2.78. The minimum Gasteiger partial charge on any atom is -0.351 e. The molecule has 0 aromatic carbocycles. The molecular formula is C11H23N3. The summed E-state index contributed by atoms with van der Waals surface area (Å²) in [4.78, 5) is 6.42. The minimum absolute atomic E-state index is 0.782. The van der Waals surface area contributed by atoms with Crippen molar-refractivity contribution in [1.29, 1.82) is 0 Å². The molecular weight excluding hydrogens is 174 g/mol. The van der Waals surface area contributed by atoms with Crippen LogP contribution in [0.4, 0.5) is 0 Å². The summed E-state index contributed by atoms with van der Waals surface area (Å²) in [6.07, 6.45) is 10.3. The van der Waals surface area contributed by atoms with E-state index in [1.165, 1.54) is 25.7 Å². The van der Waals surface area contributed by atoms with Gasteiger partial charge >= 0.3 is 0 Å². The van der Waals surface area contributed by atoms with Gasteiger partial charge in [-0.2, -0.15) is 0 Å². The zero-order valence-electron chi connectivity index (χ0n) is 9.37. The van der Waals surface area contributed by atoms with Gasteiger partial charge in [0.05, 0.1) is 6.33 Å². The molecule has 3 nitrogen and oxygen atoms in total. The molecule has 14 heavy (non-hydrogen) atoms. The molecule has 1 aromatic rings. The van der Waals surface area contributed by atoms with Gasteiger partial charge in [-0.05, 0) is 18.9 Å². The van der Waals surface area contributed by atoms with Crippen molar-refractivity contribution in [3.63, 3.8) is 0 Å². The van der Waals surface area contributed by atoms with Crippen molar-refractivity contribution in [2.45, 2.75) is 39.5 Å². The molecule has 1 heterocycles. The molecule has 1 unspecified atom stereocenters. The van der Waals surface area contributed by atoms with Gasteiger partial charge in [0.1, 0.15) is 0 Å². The quantitative estimate of drug-likeness (QED) is 0.762. The van der Waals surface area contributed by atoms with Crippen molar-refractivity contribution < 1.29 is 0 Å². The molecule has 0 aliphatic heterocycles. The van der Waals surface area contributed by atoms with Crippen LogP contribution in [0.1, 0.15) is 39.5 Å². The van der Waals surface area contributed by atoms with Crippen LogP contribution in [0.15, 0.2) is 18.7 Å². The summed E-state index contributed by atoms with van der Waals surface area (Å²) >= 11 is 0. The van der Waals surface area contributed by atoms with E-state index in [0.29, 0.717) is 0 Å². The zero-order valence-corrected chi connectivity index (χ0v) is 9.37. The Bertz CT molecular complexity index is 151. The van der Waals surface area contributed by atoms with Crippen molar-refractivity contribution >= 4 is 0 Å². The monoisotopic (exact) mass is 197 g/mol. The second-order valence-electron chi connectivity index (χ2n) is 3.41. The lowest BCUT2D eigenvalue weighted by molar-refractivity contribution is 0.461. The maximum Gasteiger partial charge on any atom is 0.0919 e. The first-order chi connectivity index (χ1) is 6.85. The fourth-order valence-electron chi connectivity index (χ4n) is 1.20. The normalized spacial score (nSPS) is 11.6. The number of aromatic amines is 1. The standard InChI is InChI=1S/C8H19N.C3H4N2/c1-3-5-6-8(4-2)7-9;1-2-5-3-4-1/h8H,3-7,9H2,1-2H3;1-3H,(H,4,5). The van der Waals surface area contributed by atoms with E-state index in [4.69, 9.17) is 5.73 Å². The number of imidazole rings is 1. The largest absolute Gasteiger partial charge is 0.351 e. The lowest BCUT2D eigenvalue weighted by atomic mass is 10.00. The predicted octanol–water partition coefficient (Wildman–Crippen LogP) is 2.57. The molecule has 0 amide bonds. The van der Waals surface area contributed by atoms with Gasteiger partial charge in [0.25, 0.3) is 0 Å². The first-order valence-corrected chi connectivity index (χ1v) is 5.47. The van der Waals surface area contributed by atoms with Crippen LogP contribution in [0.3, 0.4) is 0 Å². The molecule has 0 saturated carbocycles. The molecule has 3 heteroatoms. The predicted molar refractivity (Wildman–Crippen MR) is 60.9 cm³/mol. The SMILES string of the molecule is CCCCC(CC)CN.c1c[nH]cn1. The Morgan fingerprint density at radius 1 is 1.43 bits per heavy atom. The van der Waals surface area contributed by atoms with Gasteiger partial charge < -0.3 is 10.7 Å². The van der Waals surface area contributed by atoms with Gasteiger partial charge in [0.2, 0.25) is 0 Å². The first kappa shape index (κ1) is 13.2. The van der Waals surface area contributed by atoms with E-state index in [-0.39, 0.29) is 0 Å². The molecule has 3 N–H and O–H groups in total. The number of hydrogen-bond donors (Lipinski definition) is 2. The topological polar surface area (TPSA) is 54.7 Å². The number of nitrogens with one attached hydrogen (secondary N) is 1. The third kappa shape index (κ3) is 7.80. The zero-order chi connectivity index (χ0) is 10.6. The third-order valence-electron chi connectivity index (χ3n) is 2.28. The lowest BCUT2D eigenvalue weighted by Gasteiger charge is -2.09. The van der Waals surface area contributed by atoms with E-state index in [0.717, 1.165) is 12.5 Å². The number of hydrogen-bond acceptors (Lipinski definition) is 2. The van der Waals surface area contributed by atoms with Crippen molar-refractivity contribution in [2.24, 2.45) is 11.7 Å². The maximum atomic E-state index is 5.52. The van der Waals surface area contributed by atoms with Gasteiger partial charge in [0.15, 0.2) is 0 Å². The Labute approximate surface area is 87.1 Å². The highest BCUT2D eigenvalue weighted by molar-refractivity contribution is 4.64. The van der Waals surface area contributed by atoms with Crippen LogP contribution >= 0.6 is 0 Å². The van der Waals surface area contributed by atoms with E-state index >= 15 is 0 Å². The summed E-state index contributed by atoms with van der Waals surface area (Å²) in [6, 6.07) is 0. The summed E-state index contributed by atoms with van der Waals surface area (Å²) in [7, 11) is 0. The van der Waals surface area contributed by atoms with Gasteiger partial charge in [-0.3, -0.25) is 0 Å². The lowest BCUT2D eigenvalue weighted by Crippen LogP contribution is -2.12. The molecule has 82 valence electrons. The fraction of sp³-hybridized carbons (Fsp3) is 0.727. The van der Waals surface area contributed by atoms with Crippen LogP contribution in [0.25, 0.3) is 0 Å². The fourth-order valence-corrected chi connectivity index (χ4v) is 1.20. The third-order valence-corrected chi connectivity index (χ3v) is 2.28. The number of aromatic nitrogens is 2. The van der Waals surface area contributed by atoms with E-state index in [9.17, 15) is 0 Å². The summed E-state index contributed by atoms with van der Waals surface area (Å²) in [5.41, 5.74) is 5.52. The summed E-state index contributed by atoms with van der Waals surface area (Å²) in [5, 5.41) is 0. The smallest absolute Gasteiger partial charge is 0.0919 e. The van der Waals surface area contributed by atoms with E-state index in [1.54, 1.807) is 18.7 Å². The second kappa shape index (κ2) is 10.3. The van der Waals surface area contributed by atoms with E-state index in [2.05, 4.69) is 23.8 Å². The Morgan fingerprint density at radius 2 is 2.21 bits per heavy atom. The van der Waals surface area contributed by atoms with Crippen LogP contribution in [-0.2, 0) is 0 Å². The number of H-pyrrole nitrogens is 1. The van der Waals surface area contributed by atoms with E-state index in [1.807, 2.05) is 0 Å². The van der Waals surface area contributed by atoms with Gasteiger partial charge in [-0.25, -0.2) is 4.98 Å². The van der Waals surface area contributed by atoms with Crippen molar-refractivity contribution in [1.82, 2.24) is 9.97 Å². The molecule has 0 bridgehead atoms. The molecule has 1 atom stereocenters. The Balaban J connectivity index is 0.000000280. The minimum atomic E-state index is 0.782. The van der Waals surface area contributed by atoms with Crippen LogP contribution in [0.5, 0.6) is 0 Å². The summed E-state index contributed by atoms with van der Waals surface area (Å²) < 4.78 is 0. The molecule has 0 fully saturated rings. The molecule has 0 aliphatic carbocycles. The average molecular weight is 197 g/mol. The molecule has 0 radical (unpaired) electrons. The number of nitrogens with two attached hydrogens (primary N) is 1. The highest BCUT2D eigenvalue weighted by Crippen LogP contribution is 2.09. The molecule has 1 aromatic heterocycles. The number of nitrogens with zero attached hydrogens (tertiary/aromatic N) is 1. The van der Waals surface area contributed by atoms with Crippen LogP contribution in [-0.4, -0.2) is 16.5 Å². The highest BCUT2D eigenvalue weighted by atomic mass is 14.8. The second-order valence-corrected chi connectivity index (χ2v) is 3.41. The van der Waals surface area contributed by atoms with Crippen LogP contribution in [0, 0.1) is 5.92 Å². The molecule has 1 rings (SSSR count). The van der Waals surface area contributed by atoms with Crippen molar-refractivity contribution in [3.8, 4) is 0 Å². The molecule has 0 saturated heterocycles. The summed E-state index contributed by atoms with van der Waals surface area (Å²) in [5.74, 6) is 0.782. The molecule has 0 aliphatic rings. The van der Waals surface area contributed by atoms with Crippen molar-refractivity contribution in [3.05, 3.63) is 18.7 Å². The number of unbranched alkanes of at least 4 members (excludes halogenated alkanes) is 1. The summed E-state index contributed by atoms with van der Waals surface area (Å²) in [6.45, 7) is 5.31. The van der Waals surface area contributed by atoms with E-state index < -0.39 is 0 Å². The Kier molecular flexibility index (Phi) is 9.64. The maximum absolute atomic E-state index is 5.52. The highest BCUT2D eigenvalue weighted by Gasteiger charge is 2.00. The van der Waals surface area contributed by atoms with Crippen molar-refractivity contribution in [2.75, 3.05) is 6.54 Å².